The molecule has 0 bridgehead atoms. The Labute approximate surface area is 94.5 Å². The molecular formula is C11H14N2OS. The number of nitrogens with zero attached hydrogens (tertiary/aromatic N) is 2. The lowest BCUT2D eigenvalue weighted by Gasteiger charge is -2.12. The van der Waals surface area contributed by atoms with Gasteiger partial charge in [-0.3, -0.25) is 4.90 Å². The molecule has 2 rings (SSSR count). The van der Waals surface area contributed by atoms with Crippen LogP contribution in [-0.4, -0.2) is 22.8 Å². The molecule has 0 aliphatic heterocycles. The first-order valence-electron chi connectivity index (χ1n) is 4.84. The molecule has 1 heterocycles. The number of aryl methyl sites for hydroxylation is 1. The van der Waals surface area contributed by atoms with Crippen molar-refractivity contribution in [3.8, 4) is 0 Å². The maximum absolute atomic E-state index is 5.48. The molecule has 1 aromatic heterocycles. The van der Waals surface area contributed by atoms with E-state index in [1.807, 2.05) is 26.1 Å². The summed E-state index contributed by atoms with van der Waals surface area (Å²) in [5.74, 6) is 1.46. The zero-order chi connectivity index (χ0) is 10.8. The van der Waals surface area contributed by atoms with Crippen LogP contribution in [0.5, 0.6) is 0 Å². The van der Waals surface area contributed by atoms with Crippen LogP contribution in [0.3, 0.4) is 0 Å². The SMILES string of the molecule is Cc1nc2ccc(CN(C)CS)cc2o1. The molecule has 0 N–H and O–H groups in total. The second-order valence-corrected chi connectivity index (χ2v) is 3.97. The van der Waals surface area contributed by atoms with Crippen LogP contribution in [0, 0.1) is 6.92 Å². The van der Waals surface area contributed by atoms with E-state index in [0.29, 0.717) is 5.89 Å². The summed E-state index contributed by atoms with van der Waals surface area (Å²) >= 11 is 4.21. The zero-order valence-electron chi connectivity index (χ0n) is 8.90. The molecule has 0 amide bonds. The minimum atomic E-state index is 0.713. The van der Waals surface area contributed by atoms with E-state index in [0.717, 1.165) is 23.5 Å². The predicted molar refractivity (Wildman–Crippen MR) is 64.1 cm³/mol. The van der Waals surface area contributed by atoms with Crippen LogP contribution in [0.2, 0.25) is 0 Å². The van der Waals surface area contributed by atoms with Gasteiger partial charge in [-0.15, -0.1) is 0 Å². The number of hydrogen-bond acceptors (Lipinski definition) is 4. The maximum Gasteiger partial charge on any atom is 0.192 e. The third-order valence-electron chi connectivity index (χ3n) is 2.25. The average Bonchev–Trinajstić information content (AvgIpc) is 2.57. The van der Waals surface area contributed by atoms with Gasteiger partial charge in [-0.2, -0.15) is 12.6 Å². The highest BCUT2D eigenvalue weighted by molar-refractivity contribution is 7.80. The van der Waals surface area contributed by atoms with E-state index in [2.05, 4.69) is 28.6 Å². The molecule has 1 aromatic carbocycles. The van der Waals surface area contributed by atoms with Crippen molar-refractivity contribution in [2.45, 2.75) is 13.5 Å². The normalized spacial score (nSPS) is 11.5. The Bertz CT molecular complexity index is 467. The minimum Gasteiger partial charge on any atom is -0.441 e. The number of rotatable bonds is 3. The van der Waals surface area contributed by atoms with Gasteiger partial charge in [-0.25, -0.2) is 4.98 Å². The highest BCUT2D eigenvalue weighted by Crippen LogP contribution is 2.17. The summed E-state index contributed by atoms with van der Waals surface area (Å²) < 4.78 is 5.48. The number of oxazole rings is 1. The molecule has 4 heteroatoms. The van der Waals surface area contributed by atoms with Crippen molar-refractivity contribution in [3.63, 3.8) is 0 Å². The molecule has 0 saturated carbocycles. The molecule has 15 heavy (non-hydrogen) atoms. The lowest BCUT2D eigenvalue weighted by Crippen LogP contribution is -2.15. The molecule has 2 aromatic rings. The van der Waals surface area contributed by atoms with Gasteiger partial charge in [0.15, 0.2) is 11.5 Å². The quantitative estimate of drug-likeness (QED) is 0.639. The highest BCUT2D eigenvalue weighted by Gasteiger charge is 2.04. The molecule has 80 valence electrons. The molecule has 0 saturated heterocycles. The smallest absolute Gasteiger partial charge is 0.192 e. The fourth-order valence-electron chi connectivity index (χ4n) is 1.54. The largest absolute Gasteiger partial charge is 0.441 e. The van der Waals surface area contributed by atoms with E-state index in [-0.39, 0.29) is 0 Å². The molecule has 0 aliphatic rings. The number of aromatic nitrogens is 1. The Balaban J connectivity index is 2.30. The van der Waals surface area contributed by atoms with Crippen LogP contribution in [0.1, 0.15) is 11.5 Å². The van der Waals surface area contributed by atoms with Gasteiger partial charge in [0.25, 0.3) is 0 Å². The Hall–Kier alpha value is -1.00. The van der Waals surface area contributed by atoms with Gasteiger partial charge in [-0.1, -0.05) is 6.07 Å². The summed E-state index contributed by atoms with van der Waals surface area (Å²) in [5.41, 5.74) is 3.00. The van der Waals surface area contributed by atoms with Crippen LogP contribution in [-0.2, 0) is 6.54 Å². The van der Waals surface area contributed by atoms with Crippen molar-refractivity contribution in [3.05, 3.63) is 29.7 Å². The van der Waals surface area contributed by atoms with Crippen LogP contribution in [0.25, 0.3) is 11.1 Å². The van der Waals surface area contributed by atoms with Crippen molar-refractivity contribution in [2.75, 3.05) is 12.9 Å². The number of benzene rings is 1. The highest BCUT2D eigenvalue weighted by atomic mass is 32.1. The fraction of sp³-hybridized carbons (Fsp3) is 0.364. The van der Waals surface area contributed by atoms with Crippen molar-refractivity contribution < 1.29 is 4.42 Å². The second-order valence-electron chi connectivity index (χ2n) is 3.69. The van der Waals surface area contributed by atoms with Gasteiger partial charge >= 0.3 is 0 Å². The second kappa shape index (κ2) is 4.24. The van der Waals surface area contributed by atoms with E-state index in [1.54, 1.807) is 0 Å². The molecule has 0 unspecified atom stereocenters. The van der Waals surface area contributed by atoms with E-state index in [4.69, 9.17) is 4.42 Å². The van der Waals surface area contributed by atoms with Crippen molar-refractivity contribution >= 4 is 23.7 Å². The number of hydrogen-bond donors (Lipinski definition) is 1. The van der Waals surface area contributed by atoms with E-state index >= 15 is 0 Å². The number of thiol groups is 1. The summed E-state index contributed by atoms with van der Waals surface area (Å²) in [6, 6.07) is 6.10. The molecule has 3 nitrogen and oxygen atoms in total. The summed E-state index contributed by atoms with van der Waals surface area (Å²) in [4.78, 5) is 6.38. The van der Waals surface area contributed by atoms with Crippen LogP contribution < -0.4 is 0 Å². The van der Waals surface area contributed by atoms with Gasteiger partial charge in [0, 0.05) is 19.3 Å². The maximum atomic E-state index is 5.48. The Morgan fingerprint density at radius 3 is 3.00 bits per heavy atom. The van der Waals surface area contributed by atoms with Gasteiger partial charge in [0.1, 0.15) is 5.52 Å². The lowest BCUT2D eigenvalue weighted by atomic mass is 10.2. The first-order chi connectivity index (χ1) is 7.19. The van der Waals surface area contributed by atoms with Gasteiger partial charge in [0.05, 0.1) is 0 Å². The van der Waals surface area contributed by atoms with Gasteiger partial charge in [0.2, 0.25) is 0 Å². The Morgan fingerprint density at radius 2 is 2.27 bits per heavy atom. The molecule has 0 spiro atoms. The minimum absolute atomic E-state index is 0.713. The first-order valence-corrected chi connectivity index (χ1v) is 5.48. The molecule has 0 radical (unpaired) electrons. The standard InChI is InChI=1S/C11H14N2OS/c1-8-12-10-4-3-9(5-11(10)14-8)6-13(2)7-15/h3-5,15H,6-7H2,1-2H3. The number of fused-ring (bicyclic) bond motifs is 1. The lowest BCUT2D eigenvalue weighted by molar-refractivity contribution is 0.387. The van der Waals surface area contributed by atoms with Crippen LogP contribution >= 0.6 is 12.6 Å². The predicted octanol–water partition coefficient (Wildman–Crippen LogP) is 2.46. The van der Waals surface area contributed by atoms with Crippen molar-refractivity contribution in [2.24, 2.45) is 0 Å². The van der Waals surface area contributed by atoms with Crippen molar-refractivity contribution in [1.82, 2.24) is 9.88 Å². The summed E-state index contributed by atoms with van der Waals surface area (Å²) in [6.45, 7) is 2.73. The average molecular weight is 222 g/mol. The third kappa shape index (κ3) is 2.33. The third-order valence-corrected chi connectivity index (χ3v) is 2.74. The zero-order valence-corrected chi connectivity index (χ0v) is 9.79. The van der Waals surface area contributed by atoms with Gasteiger partial charge in [-0.05, 0) is 24.7 Å². The molecule has 0 aliphatic carbocycles. The fourth-order valence-corrected chi connectivity index (χ4v) is 1.64. The molecular weight excluding hydrogens is 208 g/mol. The van der Waals surface area contributed by atoms with E-state index in [1.165, 1.54) is 5.56 Å². The molecule has 0 atom stereocenters. The topological polar surface area (TPSA) is 29.3 Å². The van der Waals surface area contributed by atoms with Crippen LogP contribution in [0.4, 0.5) is 0 Å². The van der Waals surface area contributed by atoms with Crippen LogP contribution in [0.15, 0.2) is 22.6 Å². The summed E-state index contributed by atoms with van der Waals surface area (Å²) in [6.07, 6.45) is 0. The molecule has 0 fully saturated rings. The first kappa shape index (κ1) is 10.5. The van der Waals surface area contributed by atoms with E-state index in [9.17, 15) is 0 Å². The summed E-state index contributed by atoms with van der Waals surface area (Å²) in [7, 11) is 2.03. The monoisotopic (exact) mass is 222 g/mol. The van der Waals surface area contributed by atoms with Gasteiger partial charge < -0.3 is 4.42 Å². The Kier molecular flexibility index (Phi) is 2.98. The Morgan fingerprint density at radius 1 is 1.47 bits per heavy atom. The summed E-state index contributed by atoms with van der Waals surface area (Å²) in [5, 5.41) is 0. The van der Waals surface area contributed by atoms with Crippen molar-refractivity contribution in [1.29, 1.82) is 0 Å². The van der Waals surface area contributed by atoms with E-state index < -0.39 is 0 Å².